The molecule has 2 amide bonds. The summed E-state index contributed by atoms with van der Waals surface area (Å²) < 4.78 is 13.6. The Balaban J connectivity index is 1.56. The summed E-state index contributed by atoms with van der Waals surface area (Å²) in [5, 5.41) is 2.64. The largest absolute Gasteiger partial charge is 0.339 e. The molecule has 3 rings (SSSR count). The van der Waals surface area contributed by atoms with Crippen molar-refractivity contribution in [3.63, 3.8) is 0 Å². The molecule has 1 aliphatic heterocycles. The van der Waals surface area contributed by atoms with Crippen LogP contribution in [0.4, 0.5) is 10.1 Å². The molecule has 1 fully saturated rings. The van der Waals surface area contributed by atoms with Crippen molar-refractivity contribution in [2.45, 2.75) is 19.8 Å². The number of nitrogens with one attached hydrogen (secondary N) is 1. The van der Waals surface area contributed by atoms with E-state index in [0.29, 0.717) is 31.5 Å². The van der Waals surface area contributed by atoms with Gasteiger partial charge in [0.2, 0.25) is 5.91 Å². The number of halogens is 1. The zero-order valence-electron chi connectivity index (χ0n) is 14.2. The second-order valence-electron chi connectivity index (χ2n) is 6.40. The van der Waals surface area contributed by atoms with Gasteiger partial charge in [-0.3, -0.25) is 9.59 Å². The van der Waals surface area contributed by atoms with Crippen LogP contribution < -0.4 is 5.32 Å². The standard InChI is InChI=1S/C20H21FN2O2/c1-14-6-8-16(9-7-14)20(25)23-12-10-15(11-13-23)19(24)22-18-5-3-2-4-17(18)21/h2-9,15H,10-13H2,1H3,(H,22,24). The van der Waals surface area contributed by atoms with Crippen molar-refractivity contribution in [1.82, 2.24) is 4.90 Å². The molecule has 0 saturated carbocycles. The van der Waals surface area contributed by atoms with E-state index < -0.39 is 5.82 Å². The molecule has 4 nitrogen and oxygen atoms in total. The summed E-state index contributed by atoms with van der Waals surface area (Å²) >= 11 is 0. The maximum atomic E-state index is 13.6. The molecule has 25 heavy (non-hydrogen) atoms. The SMILES string of the molecule is Cc1ccc(C(=O)N2CCC(C(=O)Nc3ccccc3F)CC2)cc1. The van der Waals surface area contributed by atoms with Gasteiger partial charge in [-0.25, -0.2) is 4.39 Å². The highest BCUT2D eigenvalue weighted by Crippen LogP contribution is 2.22. The van der Waals surface area contributed by atoms with Crippen molar-refractivity contribution in [3.8, 4) is 0 Å². The molecule has 0 aliphatic carbocycles. The van der Waals surface area contributed by atoms with E-state index in [0.717, 1.165) is 5.56 Å². The number of carbonyl (C=O) groups excluding carboxylic acids is 2. The van der Waals surface area contributed by atoms with E-state index in [2.05, 4.69) is 5.32 Å². The number of hydrogen-bond donors (Lipinski definition) is 1. The second kappa shape index (κ2) is 7.47. The Morgan fingerprint density at radius 3 is 2.32 bits per heavy atom. The van der Waals surface area contributed by atoms with Gasteiger partial charge in [-0.1, -0.05) is 29.8 Å². The molecule has 1 heterocycles. The highest BCUT2D eigenvalue weighted by molar-refractivity contribution is 5.95. The lowest BCUT2D eigenvalue weighted by molar-refractivity contribution is -0.121. The Bertz CT molecular complexity index is 766. The van der Waals surface area contributed by atoms with Crippen LogP contribution >= 0.6 is 0 Å². The van der Waals surface area contributed by atoms with Gasteiger partial charge in [0.15, 0.2) is 0 Å². The van der Waals surface area contributed by atoms with Gasteiger partial charge < -0.3 is 10.2 Å². The van der Waals surface area contributed by atoms with Crippen LogP contribution in [-0.2, 0) is 4.79 Å². The average molecular weight is 340 g/mol. The first-order chi connectivity index (χ1) is 12.0. The number of nitrogens with zero attached hydrogens (tertiary/aromatic N) is 1. The van der Waals surface area contributed by atoms with Crippen LogP contribution in [0.3, 0.4) is 0 Å². The predicted octanol–water partition coefficient (Wildman–Crippen LogP) is 3.63. The highest BCUT2D eigenvalue weighted by Gasteiger charge is 2.28. The van der Waals surface area contributed by atoms with E-state index in [1.165, 1.54) is 6.07 Å². The van der Waals surface area contributed by atoms with E-state index in [4.69, 9.17) is 0 Å². The number of likely N-dealkylation sites (tertiary alicyclic amines) is 1. The minimum absolute atomic E-state index is 0.00652. The van der Waals surface area contributed by atoms with Crippen LogP contribution in [-0.4, -0.2) is 29.8 Å². The molecule has 2 aromatic carbocycles. The van der Waals surface area contributed by atoms with Crippen LogP contribution in [0.1, 0.15) is 28.8 Å². The van der Waals surface area contributed by atoms with Crippen LogP contribution in [0.15, 0.2) is 48.5 Å². The van der Waals surface area contributed by atoms with Gasteiger partial charge in [-0.15, -0.1) is 0 Å². The lowest BCUT2D eigenvalue weighted by atomic mass is 9.95. The third-order valence-electron chi connectivity index (χ3n) is 4.58. The summed E-state index contributed by atoms with van der Waals surface area (Å²) in [6.45, 7) is 3.04. The first kappa shape index (κ1) is 17.1. The van der Waals surface area contributed by atoms with Gasteiger partial charge in [0.05, 0.1) is 5.69 Å². The smallest absolute Gasteiger partial charge is 0.253 e. The predicted molar refractivity (Wildman–Crippen MR) is 94.8 cm³/mol. The fourth-order valence-electron chi connectivity index (χ4n) is 3.02. The van der Waals surface area contributed by atoms with Gasteiger partial charge in [0.25, 0.3) is 5.91 Å². The van der Waals surface area contributed by atoms with Gasteiger partial charge in [-0.05, 0) is 44.0 Å². The maximum absolute atomic E-state index is 13.6. The molecule has 0 bridgehead atoms. The molecule has 130 valence electrons. The minimum Gasteiger partial charge on any atom is -0.339 e. The molecule has 1 aliphatic rings. The molecule has 5 heteroatoms. The van der Waals surface area contributed by atoms with E-state index in [1.54, 1.807) is 23.1 Å². The summed E-state index contributed by atoms with van der Waals surface area (Å²) in [6.07, 6.45) is 1.16. The minimum atomic E-state index is -0.442. The Kier molecular flexibility index (Phi) is 5.12. The molecule has 1 saturated heterocycles. The second-order valence-corrected chi connectivity index (χ2v) is 6.40. The molecule has 0 unspecified atom stereocenters. The van der Waals surface area contributed by atoms with Crippen LogP contribution in [0.2, 0.25) is 0 Å². The van der Waals surface area contributed by atoms with Crippen molar-refractivity contribution >= 4 is 17.5 Å². The quantitative estimate of drug-likeness (QED) is 0.928. The van der Waals surface area contributed by atoms with Gasteiger partial charge in [0.1, 0.15) is 5.82 Å². The van der Waals surface area contributed by atoms with E-state index in [9.17, 15) is 14.0 Å². The first-order valence-electron chi connectivity index (χ1n) is 8.46. The Morgan fingerprint density at radius 1 is 1.04 bits per heavy atom. The Hall–Kier alpha value is -2.69. The summed E-state index contributed by atoms with van der Waals surface area (Å²) in [5.41, 5.74) is 1.98. The van der Waals surface area contributed by atoms with Crippen LogP contribution in [0.25, 0.3) is 0 Å². The van der Waals surface area contributed by atoms with Gasteiger partial charge in [0, 0.05) is 24.6 Å². The van der Waals surface area contributed by atoms with Crippen molar-refractivity contribution in [3.05, 3.63) is 65.5 Å². The Morgan fingerprint density at radius 2 is 1.68 bits per heavy atom. The third-order valence-corrected chi connectivity index (χ3v) is 4.58. The molecular weight excluding hydrogens is 319 g/mol. The number of carbonyl (C=O) groups is 2. The number of piperidine rings is 1. The lowest BCUT2D eigenvalue weighted by Crippen LogP contribution is -2.41. The summed E-state index contributed by atoms with van der Waals surface area (Å²) in [4.78, 5) is 26.6. The van der Waals surface area contributed by atoms with E-state index in [-0.39, 0.29) is 23.4 Å². The summed E-state index contributed by atoms with van der Waals surface area (Å²) in [6, 6.07) is 13.6. The van der Waals surface area contributed by atoms with E-state index >= 15 is 0 Å². The molecule has 0 spiro atoms. The molecule has 1 N–H and O–H groups in total. The molecule has 0 atom stereocenters. The number of benzene rings is 2. The Labute approximate surface area is 146 Å². The number of amides is 2. The summed E-state index contributed by atoms with van der Waals surface area (Å²) in [5.74, 6) is -0.843. The van der Waals surface area contributed by atoms with Crippen molar-refractivity contribution in [2.75, 3.05) is 18.4 Å². The number of para-hydroxylation sites is 1. The number of hydrogen-bond acceptors (Lipinski definition) is 2. The summed E-state index contributed by atoms with van der Waals surface area (Å²) in [7, 11) is 0. The number of rotatable bonds is 3. The number of aryl methyl sites for hydroxylation is 1. The zero-order valence-corrected chi connectivity index (χ0v) is 14.2. The number of anilines is 1. The van der Waals surface area contributed by atoms with Crippen molar-refractivity contribution < 1.29 is 14.0 Å². The monoisotopic (exact) mass is 340 g/mol. The molecule has 0 radical (unpaired) electrons. The lowest BCUT2D eigenvalue weighted by Gasteiger charge is -2.31. The molecular formula is C20H21FN2O2. The van der Waals surface area contributed by atoms with Crippen molar-refractivity contribution in [1.29, 1.82) is 0 Å². The van der Waals surface area contributed by atoms with Crippen LogP contribution in [0, 0.1) is 18.7 Å². The van der Waals surface area contributed by atoms with Crippen molar-refractivity contribution in [2.24, 2.45) is 5.92 Å². The first-order valence-corrected chi connectivity index (χ1v) is 8.46. The van der Waals surface area contributed by atoms with Crippen LogP contribution in [0.5, 0.6) is 0 Å². The average Bonchev–Trinajstić information content (AvgIpc) is 2.64. The third kappa shape index (κ3) is 4.05. The molecule has 2 aromatic rings. The molecule has 0 aromatic heterocycles. The van der Waals surface area contributed by atoms with Gasteiger partial charge in [-0.2, -0.15) is 0 Å². The zero-order chi connectivity index (χ0) is 17.8. The fourth-order valence-corrected chi connectivity index (χ4v) is 3.02. The topological polar surface area (TPSA) is 49.4 Å². The normalized spacial score (nSPS) is 15.0. The van der Waals surface area contributed by atoms with E-state index in [1.807, 2.05) is 31.2 Å². The fraction of sp³-hybridized carbons (Fsp3) is 0.300. The maximum Gasteiger partial charge on any atom is 0.253 e. The highest BCUT2D eigenvalue weighted by atomic mass is 19.1. The van der Waals surface area contributed by atoms with Gasteiger partial charge >= 0.3 is 0 Å².